The number of esters is 1. The molecule has 0 radical (unpaired) electrons. The van der Waals surface area contributed by atoms with Gasteiger partial charge in [-0.15, -0.1) is 0 Å². The van der Waals surface area contributed by atoms with Gasteiger partial charge in [-0.1, -0.05) is 51.1 Å². The van der Waals surface area contributed by atoms with Crippen LogP contribution in [0, 0.1) is 18.8 Å². The fraction of sp³-hybridized carbons (Fsp3) is 0.393. The lowest BCUT2D eigenvalue weighted by atomic mass is 9.72. The van der Waals surface area contributed by atoms with E-state index in [1.54, 1.807) is 0 Å². The van der Waals surface area contributed by atoms with E-state index >= 15 is 0 Å². The van der Waals surface area contributed by atoms with Gasteiger partial charge in [0.25, 0.3) is 0 Å². The van der Waals surface area contributed by atoms with Crippen LogP contribution in [0.25, 0.3) is 0 Å². The Bertz CT molecular complexity index is 1410. The Morgan fingerprint density at radius 1 is 1.19 bits per heavy atom. The fourth-order valence-corrected chi connectivity index (χ4v) is 5.81. The van der Waals surface area contributed by atoms with Gasteiger partial charge >= 0.3 is 5.97 Å². The number of para-hydroxylation sites is 1. The predicted octanol–water partition coefficient (Wildman–Crippen LogP) is 4.25. The number of aromatic nitrogens is 1. The minimum absolute atomic E-state index is 0.0289. The van der Waals surface area contributed by atoms with Crippen LogP contribution in [0.2, 0.25) is 0 Å². The molecule has 4 atom stereocenters. The third-order valence-electron chi connectivity index (χ3n) is 7.68. The molecule has 2 aromatic carbocycles. The summed E-state index contributed by atoms with van der Waals surface area (Å²) in [6.45, 7) is 7.92. The Kier molecular flexibility index (Phi) is 4.94. The average Bonchev–Trinajstić information content (AvgIpc) is 3.51. The lowest BCUT2D eigenvalue weighted by Gasteiger charge is -2.28. The minimum atomic E-state index is -0.963. The third kappa shape index (κ3) is 2.96. The number of rotatable bonds is 2. The SMILES string of the molecule is COC(=O)c1nc2oc1[C@]13c4cc(ccc4OC1Nc1c(C)cccc13)C[C@H](C)C(=O)N[C@H]2C(C)C. The van der Waals surface area contributed by atoms with E-state index in [1.807, 2.05) is 58.0 Å². The number of aryl methyl sites for hydroxylation is 1. The molecule has 2 N–H and O–H groups in total. The van der Waals surface area contributed by atoms with Gasteiger partial charge < -0.3 is 24.5 Å². The maximum atomic E-state index is 13.2. The van der Waals surface area contributed by atoms with E-state index in [9.17, 15) is 9.59 Å². The number of anilines is 1. The van der Waals surface area contributed by atoms with Gasteiger partial charge in [0.2, 0.25) is 11.8 Å². The molecular weight excluding hydrogens is 458 g/mol. The molecule has 186 valence electrons. The number of methoxy groups -OCH3 is 1. The van der Waals surface area contributed by atoms with Gasteiger partial charge in [0, 0.05) is 17.2 Å². The van der Waals surface area contributed by atoms with Crippen molar-refractivity contribution in [2.24, 2.45) is 11.8 Å². The zero-order valence-corrected chi connectivity index (χ0v) is 21.0. The number of carbonyl (C=O) groups excluding carboxylic acids is 2. The first kappa shape index (κ1) is 22.6. The second kappa shape index (κ2) is 7.85. The summed E-state index contributed by atoms with van der Waals surface area (Å²) in [5.41, 5.74) is 3.96. The molecule has 4 bridgehead atoms. The summed E-state index contributed by atoms with van der Waals surface area (Å²) < 4.78 is 18.2. The number of carbonyl (C=O) groups is 2. The number of hydrogen-bond donors (Lipinski definition) is 2. The fourth-order valence-electron chi connectivity index (χ4n) is 5.81. The summed E-state index contributed by atoms with van der Waals surface area (Å²) in [5, 5.41) is 6.65. The molecule has 1 amide bonds. The molecule has 0 saturated heterocycles. The smallest absolute Gasteiger partial charge is 0.360 e. The molecule has 36 heavy (non-hydrogen) atoms. The highest BCUT2D eigenvalue weighted by atomic mass is 16.5. The molecule has 0 saturated carbocycles. The predicted molar refractivity (Wildman–Crippen MR) is 132 cm³/mol. The van der Waals surface area contributed by atoms with Crippen molar-refractivity contribution in [3.63, 3.8) is 0 Å². The molecule has 4 heterocycles. The summed E-state index contributed by atoms with van der Waals surface area (Å²) in [6, 6.07) is 11.6. The van der Waals surface area contributed by atoms with Gasteiger partial charge in [-0.05, 0) is 42.0 Å². The molecule has 3 aliphatic heterocycles. The molecule has 3 aromatic rings. The van der Waals surface area contributed by atoms with Crippen LogP contribution in [0.3, 0.4) is 0 Å². The first-order valence-electron chi connectivity index (χ1n) is 12.3. The third-order valence-corrected chi connectivity index (χ3v) is 7.68. The lowest BCUT2D eigenvalue weighted by molar-refractivity contribution is -0.125. The quantitative estimate of drug-likeness (QED) is 0.521. The maximum absolute atomic E-state index is 13.2. The van der Waals surface area contributed by atoms with Crippen LogP contribution in [0.1, 0.15) is 71.2 Å². The normalized spacial score (nSPS) is 25.6. The van der Waals surface area contributed by atoms with Gasteiger partial charge in [0.1, 0.15) is 17.2 Å². The number of ether oxygens (including phenoxy) is 2. The minimum Gasteiger partial charge on any atom is -0.469 e. The first-order valence-corrected chi connectivity index (χ1v) is 12.3. The number of hydrogen-bond acceptors (Lipinski definition) is 7. The van der Waals surface area contributed by atoms with Gasteiger partial charge in [0.05, 0.1) is 7.11 Å². The monoisotopic (exact) mass is 487 g/mol. The van der Waals surface area contributed by atoms with Crippen molar-refractivity contribution in [1.82, 2.24) is 10.3 Å². The van der Waals surface area contributed by atoms with E-state index in [1.165, 1.54) is 7.11 Å². The van der Waals surface area contributed by atoms with Crippen LogP contribution in [0.15, 0.2) is 40.8 Å². The Balaban J connectivity index is 1.73. The summed E-state index contributed by atoms with van der Waals surface area (Å²) in [7, 11) is 1.33. The Morgan fingerprint density at radius 3 is 2.75 bits per heavy atom. The largest absolute Gasteiger partial charge is 0.469 e. The Labute approximate surface area is 209 Å². The summed E-state index contributed by atoms with van der Waals surface area (Å²) in [6.07, 6.45) is 0.0187. The number of nitrogens with one attached hydrogen (secondary N) is 2. The number of oxazole rings is 1. The average molecular weight is 488 g/mol. The molecule has 1 unspecified atom stereocenters. The van der Waals surface area contributed by atoms with Crippen LogP contribution < -0.4 is 15.4 Å². The molecule has 8 nitrogen and oxygen atoms in total. The molecule has 6 rings (SSSR count). The Morgan fingerprint density at radius 2 is 2.00 bits per heavy atom. The van der Waals surface area contributed by atoms with Crippen molar-refractivity contribution in [1.29, 1.82) is 0 Å². The molecule has 0 aliphatic carbocycles. The molecule has 1 spiro atoms. The molecule has 3 aliphatic rings. The number of benzene rings is 2. The number of fused-ring (bicyclic) bond motifs is 4. The Hall–Kier alpha value is -3.81. The van der Waals surface area contributed by atoms with Crippen LogP contribution in [0.5, 0.6) is 5.75 Å². The van der Waals surface area contributed by atoms with E-state index in [4.69, 9.17) is 13.9 Å². The van der Waals surface area contributed by atoms with E-state index in [0.29, 0.717) is 17.9 Å². The van der Waals surface area contributed by atoms with Gasteiger partial charge in [0.15, 0.2) is 17.7 Å². The van der Waals surface area contributed by atoms with Crippen molar-refractivity contribution >= 4 is 17.6 Å². The summed E-state index contributed by atoms with van der Waals surface area (Å²) in [4.78, 5) is 30.9. The second-order valence-corrected chi connectivity index (χ2v) is 10.3. The zero-order valence-electron chi connectivity index (χ0n) is 21.0. The molecule has 0 fully saturated rings. The van der Waals surface area contributed by atoms with Gasteiger partial charge in [-0.2, -0.15) is 0 Å². The van der Waals surface area contributed by atoms with E-state index in [2.05, 4.69) is 21.7 Å². The highest BCUT2D eigenvalue weighted by molar-refractivity contribution is 5.91. The highest BCUT2D eigenvalue weighted by Crippen LogP contribution is 2.59. The molecular formula is C28H29N3O5. The van der Waals surface area contributed by atoms with Gasteiger partial charge in [-0.3, -0.25) is 4.79 Å². The van der Waals surface area contributed by atoms with Crippen molar-refractivity contribution in [3.05, 3.63) is 76.0 Å². The van der Waals surface area contributed by atoms with E-state index in [0.717, 1.165) is 27.9 Å². The standard InChI is InChI=1S/C28H29N3O5/c1-13(2)20-25-30-22(26(33)34-5)23(36-25)28-17-8-6-7-14(3)21(17)31-27(28)35-19-10-9-16(12-18(19)28)11-15(4)24(32)29-20/h6-10,12-13,15,20,27,31H,11H2,1-5H3,(H,29,32)/t15-,20-,27?,28-/m0/s1. The lowest BCUT2D eigenvalue weighted by Crippen LogP contribution is -2.40. The van der Waals surface area contributed by atoms with Crippen LogP contribution in [-0.4, -0.2) is 30.2 Å². The number of nitrogens with zero attached hydrogens (tertiary/aromatic N) is 1. The van der Waals surface area contributed by atoms with Crippen molar-refractivity contribution < 1.29 is 23.5 Å². The molecule has 8 heteroatoms. The van der Waals surface area contributed by atoms with Gasteiger partial charge in [-0.25, -0.2) is 9.78 Å². The number of amides is 1. The van der Waals surface area contributed by atoms with E-state index in [-0.39, 0.29) is 29.3 Å². The highest BCUT2D eigenvalue weighted by Gasteiger charge is 2.61. The van der Waals surface area contributed by atoms with Crippen LogP contribution in [0.4, 0.5) is 5.69 Å². The first-order chi connectivity index (χ1) is 17.2. The van der Waals surface area contributed by atoms with E-state index < -0.39 is 23.7 Å². The van der Waals surface area contributed by atoms with Crippen molar-refractivity contribution in [2.75, 3.05) is 12.4 Å². The second-order valence-electron chi connectivity index (χ2n) is 10.3. The van der Waals surface area contributed by atoms with Crippen molar-refractivity contribution in [2.45, 2.75) is 51.8 Å². The van der Waals surface area contributed by atoms with Crippen LogP contribution >= 0.6 is 0 Å². The molecule has 1 aromatic heterocycles. The topological polar surface area (TPSA) is 103 Å². The summed E-state index contributed by atoms with van der Waals surface area (Å²) in [5.74, 6) is 0.336. The maximum Gasteiger partial charge on any atom is 0.360 e. The zero-order chi connectivity index (χ0) is 25.4. The van der Waals surface area contributed by atoms with Crippen molar-refractivity contribution in [3.8, 4) is 5.75 Å². The van der Waals surface area contributed by atoms with Crippen LogP contribution in [-0.2, 0) is 21.4 Å². The summed E-state index contributed by atoms with van der Waals surface area (Å²) >= 11 is 0.